The number of aromatic nitrogens is 2. The first-order valence-electron chi connectivity index (χ1n) is 14.4. The van der Waals surface area contributed by atoms with Gasteiger partial charge in [-0.1, -0.05) is 24.3 Å². The van der Waals surface area contributed by atoms with Crippen molar-refractivity contribution in [2.45, 2.75) is 25.8 Å². The highest BCUT2D eigenvalue weighted by Crippen LogP contribution is 2.31. The molecule has 1 fully saturated rings. The Labute approximate surface area is 259 Å². The lowest BCUT2D eigenvalue weighted by Crippen LogP contribution is -2.42. The Balaban J connectivity index is 1.37. The molecule has 4 aromatic rings. The molecule has 230 valence electrons. The predicted octanol–water partition coefficient (Wildman–Crippen LogP) is 3.36. The summed E-state index contributed by atoms with van der Waals surface area (Å²) in [5, 5.41) is 20.8. The van der Waals surface area contributed by atoms with Crippen LogP contribution in [0.25, 0.3) is 22.4 Å². The number of carbonyl (C=O) groups excluding carboxylic acids is 2. The molecule has 5 N–H and O–H groups in total. The van der Waals surface area contributed by atoms with Crippen molar-refractivity contribution in [1.29, 1.82) is 5.26 Å². The second-order valence-electron chi connectivity index (χ2n) is 10.8. The third-order valence-electron chi connectivity index (χ3n) is 7.75. The summed E-state index contributed by atoms with van der Waals surface area (Å²) in [5.74, 6) is -0.0697. The van der Waals surface area contributed by atoms with Gasteiger partial charge in [0.2, 0.25) is 5.95 Å². The van der Waals surface area contributed by atoms with Crippen LogP contribution in [0.5, 0.6) is 5.75 Å². The summed E-state index contributed by atoms with van der Waals surface area (Å²) in [6.45, 7) is 2.80. The molecule has 45 heavy (non-hydrogen) atoms. The van der Waals surface area contributed by atoms with Crippen molar-refractivity contribution >= 4 is 23.5 Å². The van der Waals surface area contributed by atoms with Crippen molar-refractivity contribution in [3.05, 3.63) is 93.8 Å². The highest BCUT2D eigenvalue weighted by atomic mass is 16.5. The standard InChI is InChI=1S/C33H33N7O5/c1-20-17-25(9-12-27(20)31(42)38-44)36-28(41)19-45-26-10-7-22(8-11-26)29-30(23-5-3-21(18-34)4-6-23)37-33(39(2)32(29)43)40-15-13-24(35)14-16-40/h3-12,17,24,44H,13-16,19,35H2,1-2H3,(H,36,41)(H,38,42). The number of nitrogens with two attached hydrogens (primary N) is 1. The van der Waals surface area contributed by atoms with E-state index in [0.29, 0.717) is 64.0 Å². The zero-order valence-corrected chi connectivity index (χ0v) is 24.9. The normalized spacial score (nSPS) is 13.2. The zero-order valence-electron chi connectivity index (χ0n) is 24.9. The predicted molar refractivity (Wildman–Crippen MR) is 169 cm³/mol. The molecule has 1 aromatic heterocycles. The third kappa shape index (κ3) is 6.85. The van der Waals surface area contributed by atoms with Gasteiger partial charge >= 0.3 is 0 Å². The first-order chi connectivity index (χ1) is 21.7. The minimum Gasteiger partial charge on any atom is -0.484 e. The number of carbonyl (C=O) groups is 2. The van der Waals surface area contributed by atoms with Gasteiger partial charge in [-0.15, -0.1) is 0 Å². The first-order valence-corrected chi connectivity index (χ1v) is 14.4. The molecule has 0 unspecified atom stereocenters. The van der Waals surface area contributed by atoms with Gasteiger partial charge in [0.1, 0.15) is 5.75 Å². The number of nitriles is 1. The highest BCUT2D eigenvalue weighted by molar-refractivity contribution is 5.97. The third-order valence-corrected chi connectivity index (χ3v) is 7.75. The van der Waals surface area contributed by atoms with Gasteiger partial charge in [0, 0.05) is 43.0 Å². The van der Waals surface area contributed by atoms with Crippen LogP contribution in [0, 0.1) is 18.3 Å². The SMILES string of the molecule is Cc1cc(NC(=O)COc2ccc(-c3c(-c4ccc(C#N)cc4)nc(N4CCC(N)CC4)n(C)c3=O)cc2)ccc1C(=O)NO. The summed E-state index contributed by atoms with van der Waals surface area (Å²) in [5.41, 5.74) is 11.5. The van der Waals surface area contributed by atoms with E-state index in [-0.39, 0.29) is 23.8 Å². The topological polar surface area (TPSA) is 176 Å². The summed E-state index contributed by atoms with van der Waals surface area (Å²) in [7, 11) is 1.71. The van der Waals surface area contributed by atoms with Gasteiger partial charge in [0.15, 0.2) is 6.61 Å². The van der Waals surface area contributed by atoms with Gasteiger partial charge < -0.3 is 20.7 Å². The van der Waals surface area contributed by atoms with E-state index in [2.05, 4.69) is 16.3 Å². The van der Waals surface area contributed by atoms with Crippen LogP contribution in [0.15, 0.2) is 71.5 Å². The number of hydroxylamine groups is 1. The van der Waals surface area contributed by atoms with E-state index >= 15 is 0 Å². The minimum atomic E-state index is -0.641. The Morgan fingerprint density at radius 1 is 1.07 bits per heavy atom. The van der Waals surface area contributed by atoms with Crippen LogP contribution in [-0.2, 0) is 11.8 Å². The summed E-state index contributed by atoms with van der Waals surface area (Å²) < 4.78 is 7.24. The van der Waals surface area contributed by atoms with E-state index in [1.807, 2.05) is 0 Å². The van der Waals surface area contributed by atoms with Crippen LogP contribution in [0.2, 0.25) is 0 Å². The van der Waals surface area contributed by atoms with Crippen molar-refractivity contribution in [3.8, 4) is 34.2 Å². The fraction of sp³-hybridized carbons (Fsp3) is 0.242. The van der Waals surface area contributed by atoms with Gasteiger partial charge in [-0.2, -0.15) is 5.26 Å². The first kappa shape index (κ1) is 30.9. The monoisotopic (exact) mass is 607 g/mol. The second-order valence-corrected chi connectivity index (χ2v) is 10.8. The number of anilines is 2. The maximum absolute atomic E-state index is 13.9. The number of nitrogens with zero attached hydrogens (tertiary/aromatic N) is 4. The van der Waals surface area contributed by atoms with E-state index in [4.69, 9.17) is 20.7 Å². The Morgan fingerprint density at radius 2 is 1.73 bits per heavy atom. The number of hydrogen-bond acceptors (Lipinski definition) is 9. The van der Waals surface area contributed by atoms with Gasteiger partial charge in [-0.05, 0) is 73.4 Å². The van der Waals surface area contributed by atoms with E-state index in [0.717, 1.165) is 12.8 Å². The molecule has 0 saturated carbocycles. The molecule has 0 radical (unpaired) electrons. The van der Waals surface area contributed by atoms with Crippen LogP contribution in [0.3, 0.4) is 0 Å². The Bertz CT molecular complexity index is 1820. The smallest absolute Gasteiger partial charge is 0.274 e. The molecule has 0 bridgehead atoms. The molecule has 12 nitrogen and oxygen atoms in total. The highest BCUT2D eigenvalue weighted by Gasteiger charge is 2.24. The number of rotatable bonds is 8. The van der Waals surface area contributed by atoms with Gasteiger partial charge in [-0.25, -0.2) is 10.5 Å². The molecule has 2 amide bonds. The molecule has 1 aliphatic rings. The van der Waals surface area contributed by atoms with Gasteiger partial charge in [0.05, 0.1) is 22.9 Å². The summed E-state index contributed by atoms with van der Waals surface area (Å²) >= 11 is 0. The zero-order chi connectivity index (χ0) is 32.1. The molecule has 1 saturated heterocycles. The maximum atomic E-state index is 13.9. The maximum Gasteiger partial charge on any atom is 0.274 e. The largest absolute Gasteiger partial charge is 0.484 e. The molecule has 0 atom stereocenters. The molecular formula is C33H33N7O5. The molecule has 12 heteroatoms. The molecule has 3 aromatic carbocycles. The summed E-state index contributed by atoms with van der Waals surface area (Å²) in [6.07, 6.45) is 1.61. The fourth-order valence-electron chi connectivity index (χ4n) is 5.26. The lowest BCUT2D eigenvalue weighted by Gasteiger charge is -2.32. The fourth-order valence-corrected chi connectivity index (χ4v) is 5.26. The number of nitrogens with one attached hydrogen (secondary N) is 2. The van der Waals surface area contributed by atoms with Crippen LogP contribution in [-0.4, -0.2) is 52.3 Å². The summed E-state index contributed by atoms with van der Waals surface area (Å²) in [4.78, 5) is 45.1. The Morgan fingerprint density at radius 3 is 2.36 bits per heavy atom. The quantitative estimate of drug-likeness (QED) is 0.173. The van der Waals surface area contributed by atoms with Crippen molar-refractivity contribution in [2.24, 2.45) is 12.8 Å². The van der Waals surface area contributed by atoms with E-state index in [1.54, 1.807) is 84.7 Å². The molecular weight excluding hydrogens is 574 g/mol. The average Bonchev–Trinajstić information content (AvgIpc) is 3.05. The average molecular weight is 608 g/mol. The number of piperidine rings is 1. The van der Waals surface area contributed by atoms with Crippen LogP contribution in [0.1, 0.15) is 34.3 Å². The van der Waals surface area contributed by atoms with E-state index in [9.17, 15) is 19.6 Å². The molecule has 2 heterocycles. The van der Waals surface area contributed by atoms with E-state index < -0.39 is 11.8 Å². The lowest BCUT2D eigenvalue weighted by molar-refractivity contribution is -0.118. The molecule has 0 aliphatic carbocycles. The Hall–Kier alpha value is -5.51. The second kappa shape index (κ2) is 13.4. The minimum absolute atomic E-state index is 0.125. The lowest BCUT2D eigenvalue weighted by atomic mass is 9.99. The van der Waals surface area contributed by atoms with Gasteiger partial charge in [0.25, 0.3) is 17.4 Å². The molecule has 1 aliphatic heterocycles. The number of ether oxygens (including phenoxy) is 1. The van der Waals surface area contributed by atoms with Gasteiger partial charge in [-0.3, -0.25) is 24.2 Å². The number of amides is 2. The van der Waals surface area contributed by atoms with Crippen LogP contribution in [0.4, 0.5) is 11.6 Å². The van der Waals surface area contributed by atoms with Crippen LogP contribution >= 0.6 is 0 Å². The van der Waals surface area contributed by atoms with Crippen LogP contribution < -0.4 is 31.7 Å². The molecule has 0 spiro atoms. The van der Waals surface area contributed by atoms with Crippen molar-refractivity contribution < 1.29 is 19.5 Å². The number of aryl methyl sites for hydroxylation is 1. The number of benzene rings is 3. The van der Waals surface area contributed by atoms with E-state index in [1.165, 1.54) is 6.07 Å². The van der Waals surface area contributed by atoms with Crippen molar-refractivity contribution in [3.63, 3.8) is 0 Å². The Kier molecular flexibility index (Phi) is 9.22. The van der Waals surface area contributed by atoms with Crippen molar-refractivity contribution in [1.82, 2.24) is 15.0 Å². The molecule has 5 rings (SSSR count). The summed E-state index contributed by atoms with van der Waals surface area (Å²) in [6, 6.07) is 20.7. The van der Waals surface area contributed by atoms with Crippen molar-refractivity contribution in [2.75, 3.05) is 29.9 Å². The number of hydrogen-bond donors (Lipinski definition) is 4.